The molecule has 2 aromatic rings. The monoisotopic (exact) mass is 298 g/mol. The van der Waals surface area contributed by atoms with E-state index in [0.717, 1.165) is 5.75 Å². The molecule has 0 unspecified atom stereocenters. The van der Waals surface area contributed by atoms with Crippen molar-refractivity contribution in [3.8, 4) is 5.75 Å². The molecule has 0 radical (unpaired) electrons. The average molecular weight is 298 g/mol. The van der Waals surface area contributed by atoms with Gasteiger partial charge in [0.2, 0.25) is 5.91 Å². The fourth-order valence-corrected chi connectivity index (χ4v) is 1.88. The number of benzene rings is 2. The van der Waals surface area contributed by atoms with Gasteiger partial charge in [0.15, 0.2) is 0 Å². The highest BCUT2D eigenvalue weighted by Gasteiger charge is 2.07. The Morgan fingerprint density at radius 1 is 0.955 bits per heavy atom. The summed E-state index contributed by atoms with van der Waals surface area (Å²) < 4.78 is 5.53. The summed E-state index contributed by atoms with van der Waals surface area (Å²) in [4.78, 5) is 23.1. The zero-order valence-electron chi connectivity index (χ0n) is 12.5. The lowest BCUT2D eigenvalue weighted by atomic mass is 10.1. The topological polar surface area (TPSA) is 81.4 Å². The van der Waals surface area contributed by atoms with Gasteiger partial charge in [-0.1, -0.05) is 0 Å². The van der Waals surface area contributed by atoms with Crippen LogP contribution in [0.1, 0.15) is 34.6 Å². The van der Waals surface area contributed by atoms with Crippen molar-refractivity contribution in [2.45, 2.75) is 20.0 Å². The van der Waals surface area contributed by atoms with Crippen molar-refractivity contribution >= 4 is 17.5 Å². The van der Waals surface area contributed by atoms with E-state index in [9.17, 15) is 9.59 Å². The first-order valence-electron chi connectivity index (χ1n) is 6.93. The molecule has 5 nitrogen and oxygen atoms in total. The lowest BCUT2D eigenvalue weighted by molar-refractivity contribution is 0.0998. The fourth-order valence-electron chi connectivity index (χ4n) is 1.88. The van der Waals surface area contributed by atoms with Gasteiger partial charge in [0.25, 0.3) is 5.91 Å². The van der Waals surface area contributed by atoms with E-state index in [1.54, 1.807) is 48.5 Å². The molecule has 22 heavy (non-hydrogen) atoms. The van der Waals surface area contributed by atoms with Crippen LogP contribution in [0.2, 0.25) is 0 Å². The summed E-state index contributed by atoms with van der Waals surface area (Å²) in [5, 5.41) is 2.75. The Bertz CT molecular complexity index is 661. The second kappa shape index (κ2) is 6.76. The molecule has 114 valence electrons. The van der Waals surface area contributed by atoms with E-state index in [1.165, 1.54) is 0 Å². The quantitative estimate of drug-likeness (QED) is 0.890. The Hall–Kier alpha value is -2.82. The summed E-state index contributed by atoms with van der Waals surface area (Å²) in [6, 6.07) is 13.3. The number of hydrogen-bond donors (Lipinski definition) is 2. The number of amides is 2. The maximum atomic E-state index is 12.1. The second-order valence-corrected chi connectivity index (χ2v) is 5.09. The van der Waals surface area contributed by atoms with E-state index >= 15 is 0 Å². The Labute approximate surface area is 129 Å². The normalized spacial score (nSPS) is 10.3. The molecule has 0 fully saturated rings. The molecule has 2 rings (SSSR count). The summed E-state index contributed by atoms with van der Waals surface area (Å²) >= 11 is 0. The van der Waals surface area contributed by atoms with Gasteiger partial charge in [0, 0.05) is 16.8 Å². The maximum absolute atomic E-state index is 12.1. The number of ether oxygens (including phenoxy) is 1. The smallest absolute Gasteiger partial charge is 0.255 e. The van der Waals surface area contributed by atoms with Gasteiger partial charge < -0.3 is 15.8 Å². The third kappa shape index (κ3) is 4.09. The molecule has 0 atom stereocenters. The highest BCUT2D eigenvalue weighted by molar-refractivity contribution is 6.04. The predicted octanol–water partition coefficient (Wildman–Crippen LogP) is 2.83. The molecule has 0 aliphatic carbocycles. The molecule has 0 aliphatic heterocycles. The van der Waals surface area contributed by atoms with Crippen molar-refractivity contribution < 1.29 is 14.3 Å². The van der Waals surface area contributed by atoms with Crippen LogP contribution >= 0.6 is 0 Å². The van der Waals surface area contributed by atoms with Crippen molar-refractivity contribution in [1.82, 2.24) is 0 Å². The van der Waals surface area contributed by atoms with Crippen LogP contribution < -0.4 is 15.8 Å². The average Bonchev–Trinajstić information content (AvgIpc) is 2.48. The van der Waals surface area contributed by atoms with Crippen LogP contribution in [-0.2, 0) is 0 Å². The number of carbonyl (C=O) groups excluding carboxylic acids is 2. The van der Waals surface area contributed by atoms with Crippen LogP contribution in [0.3, 0.4) is 0 Å². The van der Waals surface area contributed by atoms with E-state index in [2.05, 4.69) is 5.32 Å². The number of rotatable bonds is 5. The van der Waals surface area contributed by atoms with Gasteiger partial charge in [-0.3, -0.25) is 9.59 Å². The van der Waals surface area contributed by atoms with Gasteiger partial charge in [-0.15, -0.1) is 0 Å². The van der Waals surface area contributed by atoms with Crippen LogP contribution in [0.5, 0.6) is 5.75 Å². The molecular formula is C17H18N2O3. The van der Waals surface area contributed by atoms with Gasteiger partial charge in [-0.2, -0.15) is 0 Å². The predicted molar refractivity (Wildman–Crippen MR) is 85.1 cm³/mol. The van der Waals surface area contributed by atoms with Crippen molar-refractivity contribution in [3.63, 3.8) is 0 Å². The molecule has 0 saturated heterocycles. The van der Waals surface area contributed by atoms with Crippen molar-refractivity contribution in [2.75, 3.05) is 5.32 Å². The van der Waals surface area contributed by atoms with Crippen molar-refractivity contribution in [1.29, 1.82) is 0 Å². The SMILES string of the molecule is CC(C)Oc1ccc(C(=O)Nc2ccc(C(N)=O)cc2)cc1. The van der Waals surface area contributed by atoms with E-state index in [-0.39, 0.29) is 12.0 Å². The third-order valence-electron chi connectivity index (χ3n) is 2.92. The van der Waals surface area contributed by atoms with Crippen molar-refractivity contribution in [2.24, 2.45) is 5.73 Å². The minimum Gasteiger partial charge on any atom is -0.491 e. The molecular weight excluding hydrogens is 280 g/mol. The van der Waals surface area contributed by atoms with Gasteiger partial charge >= 0.3 is 0 Å². The van der Waals surface area contributed by atoms with Gasteiger partial charge in [0.1, 0.15) is 5.75 Å². The number of nitrogens with one attached hydrogen (secondary N) is 1. The summed E-state index contributed by atoms with van der Waals surface area (Å²) in [6.07, 6.45) is 0.0865. The molecule has 0 saturated carbocycles. The standard InChI is InChI=1S/C17H18N2O3/c1-11(2)22-15-9-5-13(6-10-15)17(21)19-14-7-3-12(4-8-14)16(18)20/h3-11H,1-2H3,(H2,18,20)(H,19,21). The van der Waals surface area contributed by atoms with Gasteiger partial charge in [-0.05, 0) is 62.4 Å². The zero-order chi connectivity index (χ0) is 16.1. The Morgan fingerprint density at radius 2 is 1.50 bits per heavy atom. The summed E-state index contributed by atoms with van der Waals surface area (Å²) in [5.74, 6) is -0.0149. The number of primary amides is 1. The molecule has 2 amide bonds. The molecule has 2 aromatic carbocycles. The third-order valence-corrected chi connectivity index (χ3v) is 2.92. The lowest BCUT2D eigenvalue weighted by Gasteiger charge is -2.10. The summed E-state index contributed by atoms with van der Waals surface area (Å²) in [6.45, 7) is 3.88. The number of anilines is 1. The first-order chi connectivity index (χ1) is 10.5. The molecule has 5 heteroatoms. The Kier molecular flexibility index (Phi) is 4.78. The minimum absolute atomic E-state index is 0.0865. The van der Waals surface area contributed by atoms with E-state index in [0.29, 0.717) is 16.8 Å². The van der Waals surface area contributed by atoms with Crippen LogP contribution in [-0.4, -0.2) is 17.9 Å². The van der Waals surface area contributed by atoms with Crippen LogP contribution in [0.4, 0.5) is 5.69 Å². The Morgan fingerprint density at radius 3 is 2.00 bits per heavy atom. The number of nitrogens with two attached hydrogens (primary N) is 1. The first kappa shape index (κ1) is 15.6. The minimum atomic E-state index is -0.501. The van der Waals surface area contributed by atoms with E-state index in [4.69, 9.17) is 10.5 Å². The largest absolute Gasteiger partial charge is 0.491 e. The van der Waals surface area contributed by atoms with E-state index in [1.807, 2.05) is 13.8 Å². The molecule has 3 N–H and O–H groups in total. The molecule has 0 heterocycles. The number of carbonyl (C=O) groups is 2. The maximum Gasteiger partial charge on any atom is 0.255 e. The number of hydrogen-bond acceptors (Lipinski definition) is 3. The second-order valence-electron chi connectivity index (χ2n) is 5.09. The Balaban J connectivity index is 2.03. The molecule has 0 bridgehead atoms. The summed E-state index contributed by atoms with van der Waals surface area (Å²) in [7, 11) is 0. The first-order valence-corrected chi connectivity index (χ1v) is 6.93. The molecule has 0 spiro atoms. The molecule has 0 aromatic heterocycles. The van der Waals surface area contributed by atoms with Crippen LogP contribution in [0.15, 0.2) is 48.5 Å². The highest BCUT2D eigenvalue weighted by atomic mass is 16.5. The summed E-state index contributed by atoms with van der Waals surface area (Å²) in [5.41, 5.74) is 6.68. The van der Waals surface area contributed by atoms with Gasteiger partial charge in [0.05, 0.1) is 6.10 Å². The van der Waals surface area contributed by atoms with Gasteiger partial charge in [-0.25, -0.2) is 0 Å². The highest BCUT2D eigenvalue weighted by Crippen LogP contribution is 2.16. The van der Waals surface area contributed by atoms with Crippen molar-refractivity contribution in [3.05, 3.63) is 59.7 Å². The lowest BCUT2D eigenvalue weighted by Crippen LogP contribution is -2.13. The van der Waals surface area contributed by atoms with Crippen LogP contribution in [0.25, 0.3) is 0 Å². The van der Waals surface area contributed by atoms with E-state index < -0.39 is 5.91 Å². The van der Waals surface area contributed by atoms with Crippen LogP contribution in [0, 0.1) is 0 Å². The fraction of sp³-hybridized carbons (Fsp3) is 0.176. The molecule has 0 aliphatic rings. The zero-order valence-corrected chi connectivity index (χ0v) is 12.5.